The van der Waals surface area contributed by atoms with Gasteiger partial charge in [-0.25, -0.2) is 0 Å². The zero-order valence-corrected chi connectivity index (χ0v) is 15.1. The molecule has 0 spiro atoms. The summed E-state index contributed by atoms with van der Waals surface area (Å²) in [5, 5.41) is 46.2. The standard InChI is InChI=1S/C9H9NO5.C9H11NO3.2CH4/c1-5(9(12)13)6-2-3-7(10(14)15)8(11)4-6;1-5(9(12)13)6-2-3-7(10)8(11)4-6;;/h2-5,11H,1H3,(H,12,13);2-5,11H,10H2,1H3,(H,12,13);2*1H4. The maximum Gasteiger partial charge on any atom is 0.310 e. The fraction of sp³-hybridized carbons (Fsp3) is 0.300. The van der Waals surface area contributed by atoms with Crippen LogP contribution in [0.2, 0.25) is 0 Å². The quantitative estimate of drug-likeness (QED) is 0.205. The van der Waals surface area contributed by atoms with E-state index in [-0.39, 0.29) is 26.3 Å². The molecule has 2 atom stereocenters. The number of phenolic OH excluding ortho intramolecular Hbond substituents is 2. The van der Waals surface area contributed by atoms with Crippen LogP contribution in [0, 0.1) is 10.1 Å². The number of nitro groups is 1. The summed E-state index contributed by atoms with van der Waals surface area (Å²) < 4.78 is 0. The summed E-state index contributed by atoms with van der Waals surface area (Å²) in [4.78, 5) is 30.8. The first kappa shape index (κ1) is 28.4. The van der Waals surface area contributed by atoms with E-state index in [1.54, 1.807) is 13.0 Å². The van der Waals surface area contributed by atoms with Crippen molar-refractivity contribution in [1.29, 1.82) is 0 Å². The van der Waals surface area contributed by atoms with Crippen molar-refractivity contribution in [3.05, 3.63) is 57.6 Å². The highest BCUT2D eigenvalue weighted by Crippen LogP contribution is 2.29. The van der Waals surface area contributed by atoms with Crippen molar-refractivity contribution in [2.45, 2.75) is 40.5 Å². The number of nitrogens with two attached hydrogens (primary N) is 1. The lowest BCUT2D eigenvalue weighted by Crippen LogP contribution is -2.07. The summed E-state index contributed by atoms with van der Waals surface area (Å²) in [6.07, 6.45) is 0. The minimum Gasteiger partial charge on any atom is -0.506 e. The molecule has 0 aromatic heterocycles. The van der Waals surface area contributed by atoms with E-state index in [1.807, 2.05) is 0 Å². The molecule has 0 aliphatic carbocycles. The third-order valence-corrected chi connectivity index (χ3v) is 3.99. The van der Waals surface area contributed by atoms with E-state index < -0.39 is 40.1 Å². The summed E-state index contributed by atoms with van der Waals surface area (Å²) >= 11 is 0. The Bertz CT molecular complexity index is 898. The molecule has 2 aromatic rings. The summed E-state index contributed by atoms with van der Waals surface area (Å²) in [6.45, 7) is 2.98. The van der Waals surface area contributed by atoms with E-state index in [9.17, 15) is 29.9 Å². The first-order valence-corrected chi connectivity index (χ1v) is 7.97. The Labute approximate surface area is 174 Å². The molecule has 30 heavy (non-hydrogen) atoms. The number of anilines is 1. The van der Waals surface area contributed by atoms with Crippen molar-refractivity contribution >= 4 is 23.3 Å². The number of nitrogens with zero attached hydrogens (tertiary/aromatic N) is 1. The topological polar surface area (TPSA) is 184 Å². The molecule has 0 saturated heterocycles. The molecule has 0 saturated carbocycles. The van der Waals surface area contributed by atoms with Crippen LogP contribution in [0.1, 0.15) is 51.7 Å². The number of carbonyl (C=O) groups is 2. The van der Waals surface area contributed by atoms with Crippen LogP contribution in [-0.4, -0.2) is 37.3 Å². The summed E-state index contributed by atoms with van der Waals surface area (Å²) in [6, 6.07) is 7.95. The highest BCUT2D eigenvalue weighted by molar-refractivity contribution is 5.76. The Hall–Kier alpha value is -3.82. The van der Waals surface area contributed by atoms with Gasteiger partial charge < -0.3 is 26.2 Å². The molecule has 10 heteroatoms. The molecule has 0 heterocycles. The van der Waals surface area contributed by atoms with Crippen molar-refractivity contribution < 1.29 is 34.9 Å². The maximum absolute atomic E-state index is 10.6. The van der Waals surface area contributed by atoms with Crippen LogP contribution in [0.15, 0.2) is 36.4 Å². The van der Waals surface area contributed by atoms with Crippen molar-refractivity contribution in [2.24, 2.45) is 0 Å². The minimum absolute atomic E-state index is 0. The number of aliphatic carboxylic acids is 2. The number of hydrogen-bond donors (Lipinski definition) is 5. The summed E-state index contributed by atoms with van der Waals surface area (Å²) in [5.41, 5.74) is 6.05. The molecule has 10 nitrogen and oxygen atoms in total. The summed E-state index contributed by atoms with van der Waals surface area (Å²) in [7, 11) is 0. The van der Waals surface area contributed by atoms with Gasteiger partial charge in [0.2, 0.25) is 0 Å². The lowest BCUT2D eigenvalue weighted by atomic mass is 10.0. The van der Waals surface area contributed by atoms with Crippen LogP contribution in [0.4, 0.5) is 11.4 Å². The molecule has 6 N–H and O–H groups in total. The van der Waals surface area contributed by atoms with Gasteiger partial charge in [0.05, 0.1) is 22.4 Å². The molecule has 0 radical (unpaired) electrons. The number of nitro benzene ring substituents is 1. The predicted octanol–water partition coefficient (Wildman–Crippen LogP) is 3.92. The normalized spacial score (nSPS) is 11.4. The molecule has 0 aliphatic rings. The monoisotopic (exact) mass is 424 g/mol. The van der Waals surface area contributed by atoms with E-state index in [2.05, 4.69) is 0 Å². The Morgan fingerprint density at radius 2 is 1.30 bits per heavy atom. The Kier molecular flexibility index (Phi) is 11.3. The molecule has 0 fully saturated rings. The van der Waals surface area contributed by atoms with E-state index in [0.717, 1.165) is 12.1 Å². The second kappa shape index (κ2) is 11.9. The largest absolute Gasteiger partial charge is 0.506 e. The predicted molar refractivity (Wildman–Crippen MR) is 113 cm³/mol. The zero-order chi connectivity index (χ0) is 21.6. The maximum atomic E-state index is 10.6. The van der Waals surface area contributed by atoms with E-state index in [1.165, 1.54) is 25.1 Å². The Morgan fingerprint density at radius 3 is 1.63 bits per heavy atom. The number of phenols is 2. The van der Waals surface area contributed by atoms with Gasteiger partial charge in [-0.15, -0.1) is 0 Å². The smallest absolute Gasteiger partial charge is 0.310 e. The first-order valence-electron chi connectivity index (χ1n) is 7.97. The molecule has 0 aliphatic heterocycles. The van der Waals surface area contributed by atoms with Gasteiger partial charge in [-0.05, 0) is 43.2 Å². The van der Waals surface area contributed by atoms with Gasteiger partial charge in [-0.1, -0.05) is 27.0 Å². The fourth-order valence-corrected chi connectivity index (χ4v) is 2.08. The van der Waals surface area contributed by atoms with Gasteiger partial charge in [0.15, 0.2) is 5.75 Å². The van der Waals surface area contributed by atoms with Gasteiger partial charge in [0.25, 0.3) is 0 Å². The second-order valence-corrected chi connectivity index (χ2v) is 5.94. The lowest BCUT2D eigenvalue weighted by molar-refractivity contribution is -0.385. The van der Waals surface area contributed by atoms with Gasteiger partial charge in [0.1, 0.15) is 5.75 Å². The number of benzene rings is 2. The highest BCUT2D eigenvalue weighted by atomic mass is 16.6. The van der Waals surface area contributed by atoms with Crippen molar-refractivity contribution in [3.8, 4) is 11.5 Å². The average molecular weight is 424 g/mol. The van der Waals surface area contributed by atoms with Gasteiger partial charge in [-0.2, -0.15) is 0 Å². The average Bonchev–Trinajstić information content (AvgIpc) is 2.62. The molecule has 0 bridgehead atoms. The van der Waals surface area contributed by atoms with E-state index in [4.69, 9.17) is 15.9 Å². The number of rotatable bonds is 5. The van der Waals surface area contributed by atoms with Crippen LogP contribution in [0.5, 0.6) is 11.5 Å². The second-order valence-electron chi connectivity index (χ2n) is 5.94. The van der Waals surface area contributed by atoms with Crippen molar-refractivity contribution in [3.63, 3.8) is 0 Å². The van der Waals surface area contributed by atoms with Crippen LogP contribution in [0.25, 0.3) is 0 Å². The SMILES string of the molecule is C.C.CC(C(=O)O)c1ccc(N)c(O)c1.CC(C(=O)O)c1ccc([N+](=O)[O-])c(O)c1. The molecule has 166 valence electrons. The zero-order valence-electron chi connectivity index (χ0n) is 15.1. The first-order chi connectivity index (χ1) is 13.0. The number of carboxylic acids is 2. The molecular formula is C20H28N2O8. The Morgan fingerprint density at radius 1 is 0.900 bits per heavy atom. The van der Waals surface area contributed by atoms with Gasteiger partial charge >= 0.3 is 17.6 Å². The molecule has 2 aromatic carbocycles. The number of aromatic hydroxyl groups is 2. The van der Waals surface area contributed by atoms with Crippen molar-refractivity contribution in [1.82, 2.24) is 0 Å². The molecular weight excluding hydrogens is 396 g/mol. The van der Waals surface area contributed by atoms with Gasteiger partial charge in [0, 0.05) is 6.07 Å². The highest BCUT2D eigenvalue weighted by Gasteiger charge is 2.19. The number of carboxylic acid groups (broad SMARTS) is 2. The molecule has 0 amide bonds. The van der Waals surface area contributed by atoms with Crippen LogP contribution in [-0.2, 0) is 9.59 Å². The number of nitrogen functional groups attached to an aromatic ring is 1. The van der Waals surface area contributed by atoms with Gasteiger partial charge in [-0.3, -0.25) is 19.7 Å². The summed E-state index contributed by atoms with van der Waals surface area (Å²) in [5.74, 6) is -4.02. The van der Waals surface area contributed by atoms with Crippen LogP contribution < -0.4 is 5.73 Å². The fourth-order valence-electron chi connectivity index (χ4n) is 2.08. The lowest BCUT2D eigenvalue weighted by Gasteiger charge is -2.07. The van der Waals surface area contributed by atoms with Crippen LogP contribution in [0.3, 0.4) is 0 Å². The third-order valence-electron chi connectivity index (χ3n) is 3.99. The molecule has 2 unspecified atom stereocenters. The third kappa shape index (κ3) is 7.30. The van der Waals surface area contributed by atoms with Crippen LogP contribution >= 0.6 is 0 Å². The van der Waals surface area contributed by atoms with Crippen molar-refractivity contribution in [2.75, 3.05) is 5.73 Å². The Balaban J connectivity index is 0. The van der Waals surface area contributed by atoms with E-state index in [0.29, 0.717) is 11.1 Å². The van der Waals surface area contributed by atoms with E-state index >= 15 is 0 Å². The molecule has 2 rings (SSSR count). The minimum atomic E-state index is -1.05. The number of hydrogen-bond acceptors (Lipinski definition) is 7.